The normalized spacial score (nSPS) is 11.9. The Labute approximate surface area is 656 Å². The number of furan rings is 2. The number of hydrogen-bond acceptors (Lipinski definition) is 2. The van der Waals surface area contributed by atoms with Gasteiger partial charge in [-0.15, -0.1) is 0 Å². The van der Waals surface area contributed by atoms with Gasteiger partial charge in [0, 0.05) is 82.0 Å². The van der Waals surface area contributed by atoms with E-state index >= 15 is 0 Å². The maximum atomic E-state index is 6.73. The van der Waals surface area contributed by atoms with Crippen molar-refractivity contribution in [2.24, 2.45) is 0 Å². The molecule has 6 nitrogen and oxygen atoms in total. The van der Waals surface area contributed by atoms with Crippen LogP contribution in [0, 0.1) is 0 Å². The number of rotatable bonds is 10. The molecule has 0 radical (unpaired) electrons. The molecule has 0 unspecified atom stereocenters. The third-order valence-corrected chi connectivity index (χ3v) is 23.4. The van der Waals surface area contributed by atoms with Gasteiger partial charge in [-0.05, 0) is 206 Å². The average molecular weight is 1450 g/mol. The number of hydrogen-bond donors (Lipinski definition) is 0. The molecule has 0 N–H and O–H groups in total. The van der Waals surface area contributed by atoms with Crippen molar-refractivity contribution >= 4 is 131 Å². The molecule has 0 fully saturated rings. The van der Waals surface area contributed by atoms with Gasteiger partial charge in [0.1, 0.15) is 16.7 Å². The third kappa shape index (κ3) is 10.5. The van der Waals surface area contributed by atoms with Crippen molar-refractivity contribution in [3.05, 3.63) is 413 Å². The quantitative estimate of drug-likeness (QED) is 0.137. The zero-order valence-electron chi connectivity index (χ0n) is 61.9. The highest BCUT2D eigenvalue weighted by atomic mass is 16.3. The summed E-state index contributed by atoms with van der Waals surface area (Å²) in [5.41, 5.74) is 31.7. The Hall–Kier alpha value is -15.2. The van der Waals surface area contributed by atoms with Crippen LogP contribution in [0.15, 0.2) is 421 Å². The van der Waals surface area contributed by atoms with Gasteiger partial charge >= 0.3 is 0 Å². The first kappa shape index (κ1) is 64.7. The zero-order valence-corrected chi connectivity index (χ0v) is 61.9. The minimum atomic E-state index is 0.898. The molecule has 24 aromatic rings. The molecule has 532 valence electrons. The number of fused-ring (bicyclic) bond motifs is 20. The van der Waals surface area contributed by atoms with E-state index in [0.717, 1.165) is 105 Å². The highest BCUT2D eigenvalue weighted by molar-refractivity contribution is 6.25. The monoisotopic (exact) mass is 1450 g/mol. The van der Waals surface area contributed by atoms with Crippen LogP contribution >= 0.6 is 0 Å². The fraction of sp³-hybridized carbons (Fsp3) is 0. The van der Waals surface area contributed by atoms with Gasteiger partial charge < -0.3 is 27.1 Å². The van der Waals surface area contributed by atoms with Crippen LogP contribution in [-0.4, -0.2) is 18.3 Å². The first-order chi connectivity index (χ1) is 56.5. The summed E-state index contributed by atoms with van der Waals surface area (Å²) in [6.45, 7) is 0. The molecule has 6 heteroatoms. The molecule has 0 saturated carbocycles. The van der Waals surface area contributed by atoms with E-state index in [4.69, 9.17) is 8.83 Å². The predicted octanol–water partition coefficient (Wildman–Crippen LogP) is 29.6. The van der Waals surface area contributed by atoms with E-state index in [1.165, 1.54) is 116 Å². The second-order valence-corrected chi connectivity index (χ2v) is 29.8. The number of aromatic nitrogens is 4. The van der Waals surface area contributed by atoms with Crippen molar-refractivity contribution in [1.29, 1.82) is 0 Å². The molecule has 0 bridgehead atoms. The molecule has 6 aromatic heterocycles. The van der Waals surface area contributed by atoms with Gasteiger partial charge in [0.05, 0.1) is 49.5 Å². The Balaban J connectivity index is 0.000000135. The topological polar surface area (TPSA) is 46.0 Å². The van der Waals surface area contributed by atoms with E-state index in [-0.39, 0.29) is 0 Å². The highest BCUT2D eigenvalue weighted by Gasteiger charge is 2.25. The molecule has 0 saturated heterocycles. The SMILES string of the molecule is c1ccc(-c2cccc(-n3c4ccccc4c4cc(-c5ccc6c(c5)c5c7oc8ccccc8c7ccc5n6-c5cccc(-c6ccccc6)c5)ccc43)c2)cc1.c1ccc(-c2cccc(-n3c4ccccc4c4cc(-c5ccc6c(c5)c5ccc7c8ccccc8oc7c5n6-c5cccc(-c6ccccc6)c5)ccc43)c2)cc1. The molecule has 6 heterocycles. The van der Waals surface area contributed by atoms with Crippen molar-refractivity contribution in [2.45, 2.75) is 0 Å². The lowest BCUT2D eigenvalue weighted by atomic mass is 10.00. The summed E-state index contributed by atoms with van der Waals surface area (Å²) in [5.74, 6) is 0. The number of nitrogens with zero attached hydrogens (tertiary/aromatic N) is 4. The van der Waals surface area contributed by atoms with Gasteiger partial charge in [0.15, 0.2) is 5.58 Å². The lowest BCUT2D eigenvalue weighted by Crippen LogP contribution is -1.95. The van der Waals surface area contributed by atoms with E-state index in [0.29, 0.717) is 0 Å². The van der Waals surface area contributed by atoms with Crippen LogP contribution in [0.3, 0.4) is 0 Å². The summed E-state index contributed by atoms with van der Waals surface area (Å²) in [5, 5.41) is 14.1. The zero-order chi connectivity index (χ0) is 74.9. The van der Waals surface area contributed by atoms with Crippen molar-refractivity contribution in [1.82, 2.24) is 18.3 Å². The molecular weight excluding hydrogens is 1390 g/mol. The molecular formula is C108H68N4O2. The van der Waals surface area contributed by atoms with Gasteiger partial charge in [-0.3, -0.25) is 0 Å². The molecule has 0 aliphatic carbocycles. The molecule has 0 spiro atoms. The van der Waals surface area contributed by atoms with Crippen molar-refractivity contribution in [3.63, 3.8) is 0 Å². The minimum absolute atomic E-state index is 0.898. The van der Waals surface area contributed by atoms with Crippen molar-refractivity contribution < 1.29 is 8.83 Å². The van der Waals surface area contributed by atoms with E-state index in [2.05, 4.69) is 419 Å². The van der Waals surface area contributed by atoms with Crippen LogP contribution in [0.1, 0.15) is 0 Å². The lowest BCUT2D eigenvalue weighted by molar-refractivity contribution is 0.671. The summed E-state index contributed by atoms with van der Waals surface area (Å²) >= 11 is 0. The summed E-state index contributed by atoms with van der Waals surface area (Å²) in [6, 6.07) is 149. The molecule has 24 rings (SSSR count). The van der Waals surface area contributed by atoms with E-state index in [9.17, 15) is 0 Å². The Morgan fingerprint density at radius 2 is 0.430 bits per heavy atom. The van der Waals surface area contributed by atoms with Crippen LogP contribution in [-0.2, 0) is 0 Å². The van der Waals surface area contributed by atoms with Crippen LogP contribution < -0.4 is 0 Å². The molecule has 114 heavy (non-hydrogen) atoms. The molecule has 0 amide bonds. The fourth-order valence-electron chi connectivity index (χ4n) is 18.2. The minimum Gasteiger partial charge on any atom is -0.455 e. The first-order valence-corrected chi connectivity index (χ1v) is 39.0. The Morgan fingerprint density at radius 3 is 0.868 bits per heavy atom. The van der Waals surface area contributed by atoms with Crippen molar-refractivity contribution in [2.75, 3.05) is 0 Å². The van der Waals surface area contributed by atoms with Gasteiger partial charge in [-0.1, -0.05) is 273 Å². The summed E-state index contributed by atoms with van der Waals surface area (Å²) in [6.07, 6.45) is 0. The van der Waals surface area contributed by atoms with Crippen LogP contribution in [0.25, 0.3) is 221 Å². The summed E-state index contributed by atoms with van der Waals surface area (Å²) < 4.78 is 23.1. The van der Waals surface area contributed by atoms with Crippen LogP contribution in [0.5, 0.6) is 0 Å². The maximum Gasteiger partial charge on any atom is 0.160 e. The van der Waals surface area contributed by atoms with E-state index in [1.807, 2.05) is 12.1 Å². The summed E-state index contributed by atoms with van der Waals surface area (Å²) in [7, 11) is 0. The first-order valence-electron chi connectivity index (χ1n) is 39.0. The Morgan fingerprint density at radius 1 is 0.149 bits per heavy atom. The van der Waals surface area contributed by atoms with Crippen LogP contribution in [0.2, 0.25) is 0 Å². The number of benzene rings is 18. The largest absolute Gasteiger partial charge is 0.455 e. The highest BCUT2D eigenvalue weighted by Crippen LogP contribution is 2.47. The van der Waals surface area contributed by atoms with Gasteiger partial charge in [0.25, 0.3) is 0 Å². The Kier molecular flexibility index (Phi) is 14.9. The summed E-state index contributed by atoms with van der Waals surface area (Å²) in [4.78, 5) is 0. The third-order valence-electron chi connectivity index (χ3n) is 23.4. The predicted molar refractivity (Wildman–Crippen MR) is 477 cm³/mol. The van der Waals surface area contributed by atoms with Gasteiger partial charge in [-0.2, -0.15) is 0 Å². The van der Waals surface area contributed by atoms with Crippen molar-refractivity contribution in [3.8, 4) is 89.5 Å². The average Bonchev–Trinajstić information content (AvgIpc) is 1.56. The lowest BCUT2D eigenvalue weighted by Gasteiger charge is -2.11. The van der Waals surface area contributed by atoms with Gasteiger partial charge in [-0.25, -0.2) is 0 Å². The van der Waals surface area contributed by atoms with E-state index in [1.54, 1.807) is 0 Å². The van der Waals surface area contributed by atoms with Crippen LogP contribution in [0.4, 0.5) is 0 Å². The second-order valence-electron chi connectivity index (χ2n) is 29.8. The number of para-hydroxylation sites is 4. The Bertz CT molecular complexity index is 7960. The second kappa shape index (κ2) is 26.2. The molecule has 0 aliphatic heterocycles. The molecule has 0 aliphatic rings. The standard InChI is InChI=1S/2C54H34N2O/c1-3-13-35(14-4-1)37-17-11-19-41(31-37)55-49-23-9-7-21-43(49)47-33-39(25-29-50(47)55)40-26-30-51-48(34-40)45-27-28-46-44-22-8-10-24-52(44)57-54(46)53(45)56(51)42-20-12-18-38(32-42)36-15-5-2-6-16-36;1-3-13-35(14-4-1)37-17-11-19-41(31-37)55-48-23-9-7-21-43(48)46-33-39(25-28-49(46)55)40-26-29-50-47(34-40)53-51(30-27-45-44-22-8-10-24-52(44)57-54(45)53)56(50)42-20-12-18-38(32-42)36-15-5-2-6-16-36/h2*1-34H. The van der Waals surface area contributed by atoms with E-state index < -0.39 is 0 Å². The maximum absolute atomic E-state index is 6.73. The van der Waals surface area contributed by atoms with Gasteiger partial charge in [0.2, 0.25) is 0 Å². The fourth-order valence-corrected chi connectivity index (χ4v) is 18.2. The molecule has 0 atom stereocenters. The smallest absolute Gasteiger partial charge is 0.160 e. The molecule has 18 aromatic carbocycles.